The minimum absolute atomic E-state index is 0.160. The molecule has 1 aromatic rings. The van der Waals surface area contributed by atoms with Crippen molar-refractivity contribution in [3.8, 4) is 5.75 Å². The van der Waals surface area contributed by atoms with Crippen LogP contribution in [0.5, 0.6) is 5.75 Å². The first-order chi connectivity index (χ1) is 8.82. The van der Waals surface area contributed by atoms with Gasteiger partial charge in [0.2, 0.25) is 10.0 Å². The van der Waals surface area contributed by atoms with Crippen LogP contribution in [0.3, 0.4) is 0 Å². The van der Waals surface area contributed by atoms with Crippen LogP contribution in [-0.4, -0.2) is 21.3 Å². The van der Waals surface area contributed by atoms with Gasteiger partial charge in [-0.05, 0) is 49.9 Å². The number of rotatable bonds is 6. The zero-order valence-electron chi connectivity index (χ0n) is 12.3. The Bertz CT molecular complexity index is 550. The number of benzene rings is 1. The van der Waals surface area contributed by atoms with Crippen LogP contribution >= 0.6 is 0 Å². The first-order valence-electron chi connectivity index (χ1n) is 6.47. The van der Waals surface area contributed by atoms with Crippen LogP contribution in [0.4, 0.5) is 5.69 Å². The van der Waals surface area contributed by atoms with Crippen LogP contribution < -0.4 is 9.46 Å². The number of hydrogen-bond donors (Lipinski definition) is 1. The number of unbranched alkanes of at least 4 members (excludes halogenated alkanes) is 1. The molecule has 0 bridgehead atoms. The molecule has 0 heterocycles. The highest BCUT2D eigenvalue weighted by Gasteiger charge is 2.15. The molecule has 5 heteroatoms. The van der Waals surface area contributed by atoms with Gasteiger partial charge in [-0.1, -0.05) is 13.3 Å². The lowest BCUT2D eigenvalue weighted by molar-refractivity contribution is 0.408. The van der Waals surface area contributed by atoms with Crippen LogP contribution in [0, 0.1) is 20.8 Å². The average Bonchev–Trinajstić information content (AvgIpc) is 2.33. The fourth-order valence-corrected chi connectivity index (χ4v) is 3.35. The van der Waals surface area contributed by atoms with Crippen LogP contribution in [-0.2, 0) is 10.0 Å². The fraction of sp³-hybridized carbons (Fsp3) is 0.571. The Kier molecular flexibility index (Phi) is 5.23. The van der Waals surface area contributed by atoms with Crippen molar-refractivity contribution in [1.29, 1.82) is 0 Å². The SMILES string of the molecule is CCCCS(=O)(=O)Nc1cc(C)c(OC)c(C)c1C. The molecule has 0 spiro atoms. The molecule has 1 N–H and O–H groups in total. The van der Waals surface area contributed by atoms with E-state index in [1.54, 1.807) is 7.11 Å². The summed E-state index contributed by atoms with van der Waals surface area (Å²) in [5.74, 6) is 0.974. The molecule has 0 aliphatic heterocycles. The molecule has 0 fully saturated rings. The molecule has 0 radical (unpaired) electrons. The van der Waals surface area contributed by atoms with Gasteiger partial charge in [-0.2, -0.15) is 0 Å². The molecule has 1 aromatic carbocycles. The topological polar surface area (TPSA) is 55.4 Å². The zero-order chi connectivity index (χ0) is 14.6. The highest BCUT2D eigenvalue weighted by atomic mass is 32.2. The van der Waals surface area contributed by atoms with Gasteiger partial charge in [0.15, 0.2) is 0 Å². The third kappa shape index (κ3) is 3.86. The lowest BCUT2D eigenvalue weighted by Crippen LogP contribution is -2.17. The van der Waals surface area contributed by atoms with E-state index < -0.39 is 10.0 Å². The summed E-state index contributed by atoms with van der Waals surface area (Å²) in [5.41, 5.74) is 3.45. The quantitative estimate of drug-likeness (QED) is 0.873. The Labute approximate surface area is 116 Å². The molecule has 0 unspecified atom stereocenters. The maximum atomic E-state index is 11.9. The Morgan fingerprint density at radius 2 is 1.84 bits per heavy atom. The van der Waals surface area contributed by atoms with Crippen molar-refractivity contribution >= 4 is 15.7 Å². The lowest BCUT2D eigenvalue weighted by Gasteiger charge is -2.17. The molecule has 0 aliphatic carbocycles. The Morgan fingerprint density at radius 3 is 2.37 bits per heavy atom. The number of anilines is 1. The predicted octanol–water partition coefficient (Wildman–Crippen LogP) is 3.16. The molecule has 0 atom stereocenters. The van der Waals surface area contributed by atoms with E-state index in [9.17, 15) is 8.42 Å². The van der Waals surface area contributed by atoms with Gasteiger partial charge in [-0.3, -0.25) is 4.72 Å². The van der Waals surface area contributed by atoms with Crippen LogP contribution in [0.2, 0.25) is 0 Å². The van der Waals surface area contributed by atoms with Gasteiger partial charge in [0, 0.05) is 0 Å². The lowest BCUT2D eigenvalue weighted by atomic mass is 10.0. The van der Waals surface area contributed by atoms with Crippen molar-refractivity contribution < 1.29 is 13.2 Å². The summed E-state index contributed by atoms with van der Waals surface area (Å²) < 4.78 is 31.9. The molecular formula is C14H23NO3S. The van der Waals surface area contributed by atoms with Crippen LogP contribution in [0.15, 0.2) is 6.07 Å². The van der Waals surface area contributed by atoms with Gasteiger partial charge < -0.3 is 4.74 Å². The van der Waals surface area contributed by atoms with E-state index in [0.29, 0.717) is 12.1 Å². The van der Waals surface area contributed by atoms with E-state index in [0.717, 1.165) is 28.9 Å². The number of sulfonamides is 1. The van der Waals surface area contributed by atoms with E-state index in [-0.39, 0.29) is 5.75 Å². The summed E-state index contributed by atoms with van der Waals surface area (Å²) in [6.45, 7) is 7.72. The van der Waals surface area contributed by atoms with Crippen molar-refractivity contribution in [3.05, 3.63) is 22.8 Å². The van der Waals surface area contributed by atoms with Gasteiger partial charge in [-0.25, -0.2) is 8.42 Å². The molecule has 108 valence electrons. The van der Waals surface area contributed by atoms with E-state index in [1.165, 1.54) is 0 Å². The first kappa shape index (κ1) is 15.8. The maximum Gasteiger partial charge on any atom is 0.232 e. The van der Waals surface area contributed by atoms with Crippen molar-refractivity contribution in [2.45, 2.75) is 40.5 Å². The van der Waals surface area contributed by atoms with Gasteiger partial charge in [0.25, 0.3) is 0 Å². The van der Waals surface area contributed by atoms with Gasteiger partial charge in [-0.15, -0.1) is 0 Å². The number of aryl methyl sites for hydroxylation is 1. The number of ether oxygens (including phenoxy) is 1. The molecule has 0 saturated heterocycles. The molecule has 0 amide bonds. The first-order valence-corrected chi connectivity index (χ1v) is 8.13. The van der Waals surface area contributed by atoms with Gasteiger partial charge >= 0.3 is 0 Å². The second-order valence-electron chi connectivity index (χ2n) is 4.80. The Hall–Kier alpha value is -1.23. The second-order valence-corrected chi connectivity index (χ2v) is 6.64. The molecule has 0 aliphatic rings. The summed E-state index contributed by atoms with van der Waals surface area (Å²) in [6, 6.07) is 1.82. The van der Waals surface area contributed by atoms with E-state index >= 15 is 0 Å². The minimum atomic E-state index is -3.26. The monoisotopic (exact) mass is 285 g/mol. The van der Waals surface area contributed by atoms with Crippen molar-refractivity contribution in [3.63, 3.8) is 0 Å². The average molecular weight is 285 g/mol. The van der Waals surface area contributed by atoms with Crippen LogP contribution in [0.1, 0.15) is 36.5 Å². The zero-order valence-corrected chi connectivity index (χ0v) is 13.1. The Morgan fingerprint density at radius 1 is 1.21 bits per heavy atom. The van der Waals surface area contributed by atoms with Crippen LogP contribution in [0.25, 0.3) is 0 Å². The fourth-order valence-electron chi connectivity index (χ4n) is 2.03. The number of hydrogen-bond acceptors (Lipinski definition) is 3. The molecule has 0 saturated carbocycles. The summed E-state index contributed by atoms with van der Waals surface area (Å²) in [6.07, 6.45) is 1.53. The number of nitrogens with one attached hydrogen (secondary N) is 1. The van der Waals surface area contributed by atoms with Gasteiger partial charge in [0.1, 0.15) is 5.75 Å². The highest BCUT2D eigenvalue weighted by molar-refractivity contribution is 7.92. The summed E-state index contributed by atoms with van der Waals surface area (Å²) in [7, 11) is -1.64. The van der Waals surface area contributed by atoms with Crippen molar-refractivity contribution in [2.24, 2.45) is 0 Å². The highest BCUT2D eigenvalue weighted by Crippen LogP contribution is 2.31. The molecule has 0 aromatic heterocycles. The van der Waals surface area contributed by atoms with Crippen molar-refractivity contribution in [1.82, 2.24) is 0 Å². The molecule has 19 heavy (non-hydrogen) atoms. The summed E-state index contributed by atoms with van der Waals surface area (Å²) in [4.78, 5) is 0. The van der Waals surface area contributed by atoms with Crippen molar-refractivity contribution in [2.75, 3.05) is 17.6 Å². The summed E-state index contributed by atoms with van der Waals surface area (Å²) >= 11 is 0. The van der Waals surface area contributed by atoms with Gasteiger partial charge in [0.05, 0.1) is 18.6 Å². The Balaban J connectivity index is 3.10. The standard InChI is InChI=1S/C14H23NO3S/c1-6-7-8-19(16,17)15-13-9-10(2)14(18-5)12(4)11(13)3/h9,15H,6-8H2,1-5H3. The van der Waals surface area contributed by atoms with E-state index in [1.807, 2.05) is 33.8 Å². The smallest absolute Gasteiger partial charge is 0.232 e. The second kappa shape index (κ2) is 6.28. The maximum absolute atomic E-state index is 11.9. The minimum Gasteiger partial charge on any atom is -0.496 e. The van der Waals surface area contributed by atoms with E-state index in [2.05, 4.69) is 4.72 Å². The largest absolute Gasteiger partial charge is 0.496 e. The predicted molar refractivity (Wildman–Crippen MR) is 79.5 cm³/mol. The normalized spacial score (nSPS) is 11.4. The molecule has 4 nitrogen and oxygen atoms in total. The number of methoxy groups -OCH3 is 1. The third-order valence-corrected chi connectivity index (χ3v) is 4.62. The van der Waals surface area contributed by atoms with E-state index in [4.69, 9.17) is 4.74 Å². The summed E-state index contributed by atoms with van der Waals surface area (Å²) in [5, 5.41) is 0. The molecule has 1 rings (SSSR count). The third-order valence-electron chi connectivity index (χ3n) is 3.26. The molecular weight excluding hydrogens is 262 g/mol.